The van der Waals surface area contributed by atoms with Crippen molar-refractivity contribution in [2.24, 2.45) is 0 Å². The minimum absolute atomic E-state index is 0.108. The van der Waals surface area contributed by atoms with Crippen LogP contribution in [0.15, 0.2) is 30.5 Å². The molecule has 0 N–H and O–H groups in total. The average molecular weight is 228 g/mol. The molecule has 2 aromatic rings. The van der Waals surface area contributed by atoms with Crippen LogP contribution >= 0.6 is 11.3 Å². The van der Waals surface area contributed by atoms with E-state index in [-0.39, 0.29) is 5.56 Å². The predicted molar refractivity (Wildman–Crippen MR) is 51.4 cm³/mol. The molecule has 1 radical (unpaired) electrons. The van der Waals surface area contributed by atoms with Gasteiger partial charge in [0.05, 0.1) is 10.9 Å². The van der Waals surface area contributed by atoms with E-state index >= 15 is 0 Å². The van der Waals surface area contributed by atoms with Crippen LogP contribution in [0.4, 0.5) is 13.2 Å². The van der Waals surface area contributed by atoms with Crippen molar-refractivity contribution in [3.63, 3.8) is 0 Å². The monoisotopic (exact) mass is 228 g/mol. The minimum Gasteiger partial charge on any atom is -0.244 e. The van der Waals surface area contributed by atoms with Gasteiger partial charge < -0.3 is 0 Å². The molecule has 1 aromatic carbocycles. The van der Waals surface area contributed by atoms with E-state index in [0.717, 1.165) is 17.4 Å². The van der Waals surface area contributed by atoms with Crippen molar-refractivity contribution in [1.29, 1.82) is 0 Å². The molecule has 2 rings (SSSR count). The van der Waals surface area contributed by atoms with E-state index in [1.807, 2.05) is 0 Å². The average Bonchev–Trinajstić information content (AvgIpc) is 2.69. The number of nitrogens with zero attached hydrogens (tertiary/aromatic N) is 1. The number of aromatic nitrogens is 1. The maximum Gasteiger partial charge on any atom is 0.417 e. The Labute approximate surface area is 88.2 Å². The lowest BCUT2D eigenvalue weighted by Gasteiger charge is -2.10. The molecule has 5 heteroatoms. The lowest BCUT2D eigenvalue weighted by atomic mass is 10.1. The molecule has 0 aliphatic rings. The summed E-state index contributed by atoms with van der Waals surface area (Å²) in [4.78, 5) is 3.82. The zero-order valence-corrected chi connectivity index (χ0v) is 8.19. The number of hydrogen-bond acceptors (Lipinski definition) is 2. The van der Waals surface area contributed by atoms with Crippen LogP contribution < -0.4 is 0 Å². The summed E-state index contributed by atoms with van der Waals surface area (Å²) in [5.41, 5.74) is -0.551. The van der Waals surface area contributed by atoms with Crippen molar-refractivity contribution < 1.29 is 13.2 Å². The summed E-state index contributed by atoms with van der Waals surface area (Å²) < 4.78 is 37.8. The Morgan fingerprint density at radius 1 is 1.20 bits per heavy atom. The summed E-state index contributed by atoms with van der Waals surface area (Å²) >= 11 is 1.07. The molecule has 0 saturated carbocycles. The van der Waals surface area contributed by atoms with Gasteiger partial charge in [-0.15, -0.1) is 11.3 Å². The molecule has 77 valence electrons. The summed E-state index contributed by atoms with van der Waals surface area (Å²) in [7, 11) is 0. The third-order valence-electron chi connectivity index (χ3n) is 1.85. The van der Waals surface area contributed by atoms with Crippen LogP contribution in [-0.2, 0) is 6.18 Å². The number of hydrogen-bond donors (Lipinski definition) is 0. The lowest BCUT2D eigenvalue weighted by molar-refractivity contribution is -0.137. The second-order valence-electron chi connectivity index (χ2n) is 2.83. The Balaban J connectivity index is 2.58. The van der Waals surface area contributed by atoms with Gasteiger partial charge in [0.15, 0.2) is 0 Å². The van der Waals surface area contributed by atoms with E-state index in [4.69, 9.17) is 0 Å². The highest BCUT2D eigenvalue weighted by Crippen LogP contribution is 2.37. The van der Waals surface area contributed by atoms with Crippen LogP contribution in [-0.4, -0.2) is 4.98 Å². The van der Waals surface area contributed by atoms with Gasteiger partial charge in [-0.2, -0.15) is 13.2 Å². The van der Waals surface area contributed by atoms with Crippen molar-refractivity contribution in [3.8, 4) is 10.6 Å². The van der Waals surface area contributed by atoms with Crippen LogP contribution in [0.2, 0.25) is 0 Å². The van der Waals surface area contributed by atoms with Crippen molar-refractivity contribution >= 4 is 11.3 Å². The van der Waals surface area contributed by atoms with Gasteiger partial charge in [0.1, 0.15) is 5.01 Å². The number of halogens is 3. The molecule has 1 nitrogen and oxygen atoms in total. The van der Waals surface area contributed by atoms with E-state index in [2.05, 4.69) is 10.4 Å². The summed E-state index contributed by atoms with van der Waals surface area (Å²) in [6, 6.07) is 5.39. The fourth-order valence-electron chi connectivity index (χ4n) is 1.23. The normalized spacial score (nSPS) is 11.7. The predicted octanol–water partition coefficient (Wildman–Crippen LogP) is 3.63. The fraction of sp³-hybridized carbons (Fsp3) is 0.100. The standard InChI is InChI=1S/C10H5F3NS/c11-10(12,13)8-4-2-1-3-7(8)9-14-5-6-15-9/h1-5H. The second kappa shape index (κ2) is 3.66. The highest BCUT2D eigenvalue weighted by molar-refractivity contribution is 7.12. The molecule has 0 saturated heterocycles. The van der Waals surface area contributed by atoms with Gasteiger partial charge in [-0.3, -0.25) is 0 Å². The molecule has 0 bridgehead atoms. The molecule has 15 heavy (non-hydrogen) atoms. The minimum atomic E-state index is -4.34. The molecular weight excluding hydrogens is 223 g/mol. The molecule has 0 amide bonds. The summed E-state index contributed by atoms with van der Waals surface area (Å²) in [6.45, 7) is 0. The largest absolute Gasteiger partial charge is 0.417 e. The van der Waals surface area contributed by atoms with Gasteiger partial charge in [-0.05, 0) is 6.07 Å². The second-order valence-corrected chi connectivity index (χ2v) is 3.65. The van der Waals surface area contributed by atoms with Gasteiger partial charge in [0, 0.05) is 11.8 Å². The Kier molecular flexibility index (Phi) is 2.48. The number of benzene rings is 1. The summed E-state index contributed by atoms with van der Waals surface area (Å²) in [5, 5.41) is 3.01. The van der Waals surface area contributed by atoms with Gasteiger partial charge in [0.25, 0.3) is 0 Å². The molecule has 0 unspecified atom stereocenters. The third-order valence-corrected chi connectivity index (χ3v) is 2.59. The van der Waals surface area contributed by atoms with Gasteiger partial charge in [0.2, 0.25) is 0 Å². The van der Waals surface area contributed by atoms with Crippen LogP contribution in [0.5, 0.6) is 0 Å². The number of rotatable bonds is 1. The van der Waals surface area contributed by atoms with E-state index in [1.54, 1.807) is 6.07 Å². The zero-order valence-electron chi connectivity index (χ0n) is 7.38. The molecule has 0 aliphatic heterocycles. The molecule has 0 atom stereocenters. The maximum absolute atomic E-state index is 12.6. The topological polar surface area (TPSA) is 12.9 Å². The Morgan fingerprint density at radius 3 is 2.53 bits per heavy atom. The van der Waals surface area contributed by atoms with Crippen LogP contribution in [0.1, 0.15) is 5.56 Å². The molecule has 0 aliphatic carbocycles. The van der Waals surface area contributed by atoms with Gasteiger partial charge >= 0.3 is 6.18 Å². The van der Waals surface area contributed by atoms with Crippen LogP contribution in [0.3, 0.4) is 0 Å². The van der Waals surface area contributed by atoms with Gasteiger partial charge in [-0.25, -0.2) is 4.98 Å². The maximum atomic E-state index is 12.6. The van der Waals surface area contributed by atoms with Crippen molar-refractivity contribution in [2.75, 3.05) is 0 Å². The van der Waals surface area contributed by atoms with E-state index < -0.39 is 11.7 Å². The van der Waals surface area contributed by atoms with E-state index in [1.165, 1.54) is 18.3 Å². The first-order valence-corrected chi connectivity index (χ1v) is 4.89. The third kappa shape index (κ3) is 2.02. The molecule has 0 fully saturated rings. The first-order valence-electron chi connectivity index (χ1n) is 4.07. The van der Waals surface area contributed by atoms with Crippen LogP contribution in [0, 0.1) is 5.38 Å². The molecule has 1 aromatic heterocycles. The highest BCUT2D eigenvalue weighted by atomic mass is 32.1. The smallest absolute Gasteiger partial charge is 0.244 e. The number of thiazole rings is 1. The molecule has 0 spiro atoms. The number of alkyl halides is 3. The molecular formula is C10H5F3NS. The van der Waals surface area contributed by atoms with Crippen molar-refractivity contribution in [2.45, 2.75) is 6.18 Å². The van der Waals surface area contributed by atoms with E-state index in [0.29, 0.717) is 5.01 Å². The Bertz CT molecular complexity index is 448. The van der Waals surface area contributed by atoms with Crippen LogP contribution in [0.25, 0.3) is 10.6 Å². The SMILES string of the molecule is FC(F)(F)c1ccccc1-c1nc[c]s1. The van der Waals surface area contributed by atoms with Gasteiger partial charge in [-0.1, -0.05) is 18.2 Å². The lowest BCUT2D eigenvalue weighted by Crippen LogP contribution is -2.06. The molecule has 1 heterocycles. The van der Waals surface area contributed by atoms with Crippen molar-refractivity contribution in [1.82, 2.24) is 4.98 Å². The quantitative estimate of drug-likeness (QED) is 0.726. The zero-order chi connectivity index (χ0) is 10.9. The van der Waals surface area contributed by atoms with Crippen molar-refractivity contribution in [3.05, 3.63) is 41.4 Å². The first-order chi connectivity index (χ1) is 7.09. The van der Waals surface area contributed by atoms with E-state index in [9.17, 15) is 13.2 Å². The summed E-state index contributed by atoms with van der Waals surface area (Å²) in [5.74, 6) is 0. The Hall–Kier alpha value is -1.36. The Morgan fingerprint density at radius 2 is 1.93 bits per heavy atom. The summed E-state index contributed by atoms with van der Waals surface area (Å²) in [6.07, 6.45) is -2.98. The fourth-order valence-corrected chi connectivity index (χ4v) is 1.85. The first kappa shape index (κ1) is 10.2. The highest BCUT2D eigenvalue weighted by Gasteiger charge is 2.33.